The standard InChI is InChI=1S/C24H24F5N7O/c1-13-32-21-19(36(13)16-9-23(25,26)10-16)8-14(11-30-21)18-6-7-35-20(18)12-31-22(34-35)33-15-2-4-17(5-3-15)37-24(27,28)29/h6-8,11-12,15-17H,2-5,9-10H2,1H3,(H,33,34)/t15-,17+. The Balaban J connectivity index is 1.20. The van der Waals surface area contributed by atoms with Crippen LogP contribution in [-0.2, 0) is 4.74 Å². The molecule has 13 heteroatoms. The van der Waals surface area contributed by atoms with Crippen molar-refractivity contribution in [2.24, 2.45) is 0 Å². The van der Waals surface area contributed by atoms with Crippen molar-refractivity contribution in [3.8, 4) is 11.1 Å². The first-order chi connectivity index (χ1) is 17.5. The number of ether oxygens (including phenoxy) is 1. The van der Waals surface area contributed by atoms with Gasteiger partial charge in [0.25, 0.3) is 5.92 Å². The van der Waals surface area contributed by atoms with E-state index in [-0.39, 0.29) is 24.9 Å². The largest absolute Gasteiger partial charge is 0.522 e. The molecule has 0 aromatic carbocycles. The summed E-state index contributed by atoms with van der Waals surface area (Å²) in [5.74, 6) is -1.61. The average molecular weight is 521 g/mol. The lowest BCUT2D eigenvalue weighted by Crippen LogP contribution is -2.37. The minimum atomic E-state index is -4.62. The average Bonchev–Trinajstić information content (AvgIpc) is 3.37. The van der Waals surface area contributed by atoms with Crippen molar-refractivity contribution in [1.82, 2.24) is 29.1 Å². The van der Waals surface area contributed by atoms with Crippen LogP contribution in [0.1, 0.15) is 50.4 Å². The van der Waals surface area contributed by atoms with Crippen LogP contribution >= 0.6 is 0 Å². The van der Waals surface area contributed by atoms with E-state index in [2.05, 4.69) is 30.1 Å². The van der Waals surface area contributed by atoms with E-state index >= 15 is 0 Å². The van der Waals surface area contributed by atoms with Crippen LogP contribution in [0.4, 0.5) is 27.9 Å². The Morgan fingerprint density at radius 3 is 2.51 bits per heavy atom. The molecule has 0 radical (unpaired) electrons. The third-order valence-corrected chi connectivity index (χ3v) is 7.19. The van der Waals surface area contributed by atoms with Crippen molar-refractivity contribution in [2.75, 3.05) is 5.32 Å². The van der Waals surface area contributed by atoms with E-state index in [1.165, 1.54) is 0 Å². The number of aryl methyl sites for hydroxylation is 1. The quantitative estimate of drug-likeness (QED) is 0.341. The number of hydrogen-bond acceptors (Lipinski definition) is 6. The van der Waals surface area contributed by atoms with Crippen LogP contribution in [0.2, 0.25) is 0 Å². The Hall–Kier alpha value is -3.35. The summed E-state index contributed by atoms with van der Waals surface area (Å²) in [5.41, 5.74) is 3.56. The molecular formula is C24H24F5N7O. The molecule has 1 N–H and O–H groups in total. The molecule has 0 atom stereocenters. The van der Waals surface area contributed by atoms with Crippen LogP contribution in [0.5, 0.6) is 0 Å². The van der Waals surface area contributed by atoms with Gasteiger partial charge >= 0.3 is 6.36 Å². The van der Waals surface area contributed by atoms with Crippen molar-refractivity contribution in [1.29, 1.82) is 0 Å². The summed E-state index contributed by atoms with van der Waals surface area (Å²) < 4.78 is 72.0. The third kappa shape index (κ3) is 4.72. The molecule has 4 aromatic heterocycles. The van der Waals surface area contributed by atoms with Gasteiger partial charge in [0.2, 0.25) is 5.95 Å². The number of anilines is 1. The molecule has 6 rings (SSSR count). The summed E-state index contributed by atoms with van der Waals surface area (Å²) in [6.07, 6.45) is 0.933. The van der Waals surface area contributed by atoms with Crippen LogP contribution in [0, 0.1) is 6.92 Å². The van der Waals surface area contributed by atoms with Crippen molar-refractivity contribution in [3.63, 3.8) is 0 Å². The molecule has 37 heavy (non-hydrogen) atoms. The Bertz CT molecular complexity index is 1450. The first kappa shape index (κ1) is 24.0. The molecule has 0 spiro atoms. The monoisotopic (exact) mass is 521 g/mol. The zero-order chi connectivity index (χ0) is 25.9. The maximum absolute atomic E-state index is 13.5. The number of hydrogen-bond donors (Lipinski definition) is 1. The van der Waals surface area contributed by atoms with Crippen LogP contribution in [0.25, 0.3) is 27.8 Å². The van der Waals surface area contributed by atoms with Gasteiger partial charge in [-0.25, -0.2) is 28.2 Å². The molecule has 196 valence electrons. The maximum atomic E-state index is 13.5. The molecule has 0 aliphatic heterocycles. The van der Waals surface area contributed by atoms with Gasteiger partial charge < -0.3 is 9.88 Å². The molecule has 2 saturated carbocycles. The molecule has 4 heterocycles. The van der Waals surface area contributed by atoms with E-state index in [4.69, 9.17) is 0 Å². The van der Waals surface area contributed by atoms with Crippen LogP contribution < -0.4 is 5.32 Å². The molecule has 2 aliphatic carbocycles. The van der Waals surface area contributed by atoms with Crippen molar-refractivity contribution >= 4 is 22.6 Å². The number of rotatable bonds is 5. The summed E-state index contributed by atoms with van der Waals surface area (Å²) in [4.78, 5) is 13.3. The maximum Gasteiger partial charge on any atom is 0.522 e. The fourth-order valence-corrected chi connectivity index (χ4v) is 5.42. The first-order valence-corrected chi connectivity index (χ1v) is 12.1. The van der Waals surface area contributed by atoms with Gasteiger partial charge in [0.15, 0.2) is 5.65 Å². The van der Waals surface area contributed by atoms with Gasteiger partial charge in [-0.1, -0.05) is 0 Å². The van der Waals surface area contributed by atoms with E-state index in [1.807, 2.05) is 16.7 Å². The number of halogens is 5. The van der Waals surface area contributed by atoms with E-state index < -0.39 is 18.4 Å². The van der Waals surface area contributed by atoms with E-state index in [9.17, 15) is 22.0 Å². The highest BCUT2D eigenvalue weighted by atomic mass is 19.4. The summed E-state index contributed by atoms with van der Waals surface area (Å²) in [6, 6.07) is 3.42. The summed E-state index contributed by atoms with van der Waals surface area (Å²) in [5, 5.41) is 7.71. The zero-order valence-corrected chi connectivity index (χ0v) is 19.8. The van der Waals surface area contributed by atoms with Crippen molar-refractivity contribution in [3.05, 3.63) is 36.5 Å². The number of pyridine rings is 1. The van der Waals surface area contributed by atoms with Crippen LogP contribution in [0.15, 0.2) is 30.7 Å². The summed E-state index contributed by atoms with van der Waals surface area (Å²) in [6.45, 7) is 1.80. The SMILES string of the molecule is Cc1nc2ncc(-c3ccn4nc(N[C@H]5CC[C@@H](OC(F)(F)F)CC5)ncc34)cc2n1C1CC(F)(F)C1. The van der Waals surface area contributed by atoms with Crippen LogP contribution in [0.3, 0.4) is 0 Å². The highest BCUT2D eigenvalue weighted by Gasteiger charge is 2.47. The lowest BCUT2D eigenvalue weighted by atomic mass is 9.87. The van der Waals surface area contributed by atoms with Crippen molar-refractivity contribution in [2.45, 2.75) is 75.9 Å². The molecule has 8 nitrogen and oxygen atoms in total. The fourth-order valence-electron chi connectivity index (χ4n) is 5.42. The highest BCUT2D eigenvalue weighted by molar-refractivity contribution is 5.85. The van der Waals surface area contributed by atoms with Gasteiger partial charge in [-0.2, -0.15) is 0 Å². The van der Waals surface area contributed by atoms with Gasteiger partial charge in [-0.15, -0.1) is 18.3 Å². The number of nitrogens with zero attached hydrogens (tertiary/aromatic N) is 6. The molecule has 0 saturated heterocycles. The second-order valence-corrected chi connectivity index (χ2v) is 9.84. The van der Waals surface area contributed by atoms with Gasteiger partial charge in [-0.3, -0.25) is 4.74 Å². The van der Waals surface area contributed by atoms with Gasteiger partial charge in [0.1, 0.15) is 5.82 Å². The van der Waals surface area contributed by atoms with Crippen LogP contribution in [-0.4, -0.2) is 53.6 Å². The first-order valence-electron chi connectivity index (χ1n) is 12.1. The zero-order valence-electron chi connectivity index (χ0n) is 19.8. The third-order valence-electron chi connectivity index (χ3n) is 7.19. The molecule has 2 fully saturated rings. The smallest absolute Gasteiger partial charge is 0.350 e. The summed E-state index contributed by atoms with van der Waals surface area (Å²) >= 11 is 0. The van der Waals surface area contributed by atoms with Gasteiger partial charge in [0.05, 0.1) is 23.3 Å². The number of aromatic nitrogens is 6. The minimum absolute atomic E-state index is 0.0467. The number of imidazole rings is 1. The molecule has 2 aliphatic rings. The Morgan fingerprint density at radius 2 is 1.81 bits per heavy atom. The predicted octanol–water partition coefficient (Wildman–Crippen LogP) is 5.68. The minimum Gasteiger partial charge on any atom is -0.350 e. The molecular weight excluding hydrogens is 497 g/mol. The molecule has 0 unspecified atom stereocenters. The highest BCUT2D eigenvalue weighted by Crippen LogP contribution is 2.47. The number of fused-ring (bicyclic) bond motifs is 2. The lowest BCUT2D eigenvalue weighted by molar-refractivity contribution is -0.345. The van der Waals surface area contributed by atoms with Gasteiger partial charge in [0, 0.05) is 48.4 Å². The van der Waals surface area contributed by atoms with Gasteiger partial charge in [-0.05, 0) is 44.7 Å². The van der Waals surface area contributed by atoms with E-state index in [0.717, 1.165) is 16.6 Å². The molecule has 0 bridgehead atoms. The lowest BCUT2D eigenvalue weighted by Gasteiger charge is -2.36. The Labute approximate surface area is 207 Å². The molecule has 0 amide bonds. The fraction of sp³-hybridized carbons (Fsp3) is 0.500. The Morgan fingerprint density at radius 1 is 1.05 bits per heavy atom. The number of nitrogens with one attached hydrogen (secondary N) is 1. The topological polar surface area (TPSA) is 82.2 Å². The number of alkyl halides is 5. The second kappa shape index (κ2) is 8.61. The van der Waals surface area contributed by atoms with E-state index in [1.54, 1.807) is 30.0 Å². The van der Waals surface area contributed by atoms with E-state index in [0.29, 0.717) is 48.6 Å². The predicted molar refractivity (Wildman–Crippen MR) is 124 cm³/mol. The Kier molecular flexibility index (Phi) is 5.58. The molecule has 4 aromatic rings. The summed E-state index contributed by atoms with van der Waals surface area (Å²) in [7, 11) is 0. The second-order valence-electron chi connectivity index (χ2n) is 9.84. The normalized spacial score (nSPS) is 22.4. The van der Waals surface area contributed by atoms with Crippen molar-refractivity contribution < 1.29 is 26.7 Å².